The van der Waals surface area contributed by atoms with E-state index in [9.17, 15) is 13.2 Å². The van der Waals surface area contributed by atoms with E-state index < -0.39 is 22.5 Å². The van der Waals surface area contributed by atoms with Crippen LogP contribution in [-0.4, -0.2) is 41.3 Å². The number of methoxy groups -OCH3 is 2. The fraction of sp³-hybridized carbons (Fsp3) is 0.130. The summed E-state index contributed by atoms with van der Waals surface area (Å²) in [4.78, 5) is 12.6. The summed E-state index contributed by atoms with van der Waals surface area (Å²) < 4.78 is 37.9. The Morgan fingerprint density at radius 3 is 2.30 bits per heavy atom. The Morgan fingerprint density at radius 2 is 1.67 bits per heavy atom. The zero-order valence-corrected chi connectivity index (χ0v) is 19.5. The Bertz CT molecular complexity index is 1230. The maximum Gasteiger partial charge on any atom is 0.264 e. The van der Waals surface area contributed by atoms with E-state index >= 15 is 0 Å². The Kier molecular flexibility index (Phi) is 7.92. The maximum atomic E-state index is 13.2. The normalized spacial score (nSPS) is 11.2. The molecule has 0 aliphatic carbocycles. The Labute approximate surface area is 197 Å². The lowest BCUT2D eigenvalue weighted by Gasteiger charge is -2.23. The summed E-state index contributed by atoms with van der Waals surface area (Å²) in [5.74, 6) is 0.454. The van der Waals surface area contributed by atoms with Crippen molar-refractivity contribution in [3.8, 4) is 11.5 Å². The van der Waals surface area contributed by atoms with Crippen LogP contribution in [0.25, 0.3) is 0 Å². The molecule has 0 fully saturated rings. The Balaban J connectivity index is 1.78. The fourth-order valence-electron chi connectivity index (χ4n) is 2.92. The number of para-hydroxylation sites is 1. The Morgan fingerprint density at radius 1 is 1.00 bits per heavy atom. The van der Waals surface area contributed by atoms with Gasteiger partial charge in [-0.2, -0.15) is 5.10 Å². The van der Waals surface area contributed by atoms with Crippen molar-refractivity contribution in [1.29, 1.82) is 0 Å². The predicted molar refractivity (Wildman–Crippen MR) is 128 cm³/mol. The number of carbonyl (C=O) groups excluding carboxylic acids is 1. The molecule has 0 radical (unpaired) electrons. The highest BCUT2D eigenvalue weighted by Crippen LogP contribution is 2.27. The van der Waals surface area contributed by atoms with Crippen molar-refractivity contribution in [3.63, 3.8) is 0 Å². The number of carbonyl (C=O) groups is 1. The third-order valence-electron chi connectivity index (χ3n) is 4.54. The van der Waals surface area contributed by atoms with E-state index in [1.54, 1.807) is 48.5 Å². The van der Waals surface area contributed by atoms with Crippen molar-refractivity contribution >= 4 is 39.4 Å². The lowest BCUT2D eigenvalue weighted by atomic mass is 10.2. The molecule has 3 aromatic rings. The molecule has 1 amide bonds. The summed E-state index contributed by atoms with van der Waals surface area (Å²) in [6, 6.07) is 19.2. The number of halogens is 1. The van der Waals surface area contributed by atoms with E-state index in [1.165, 1.54) is 44.7 Å². The first-order valence-corrected chi connectivity index (χ1v) is 11.5. The number of sulfonamides is 1. The number of hydrazone groups is 1. The minimum absolute atomic E-state index is 0.0115. The number of nitrogens with zero attached hydrogens (tertiary/aromatic N) is 2. The van der Waals surface area contributed by atoms with Crippen LogP contribution in [0.4, 0.5) is 5.69 Å². The van der Waals surface area contributed by atoms with Gasteiger partial charge < -0.3 is 9.47 Å². The maximum absolute atomic E-state index is 13.2. The molecule has 0 aromatic heterocycles. The van der Waals surface area contributed by atoms with Gasteiger partial charge in [0.05, 0.1) is 31.0 Å². The molecular weight excluding hydrogens is 466 g/mol. The summed E-state index contributed by atoms with van der Waals surface area (Å²) >= 11 is 5.88. The lowest BCUT2D eigenvalue weighted by molar-refractivity contribution is -0.119. The first-order valence-electron chi connectivity index (χ1n) is 9.72. The van der Waals surface area contributed by atoms with Crippen molar-refractivity contribution in [2.24, 2.45) is 5.10 Å². The summed E-state index contributed by atoms with van der Waals surface area (Å²) in [6.07, 6.45) is 1.42. The summed E-state index contributed by atoms with van der Waals surface area (Å²) in [7, 11) is -0.984. The van der Waals surface area contributed by atoms with Gasteiger partial charge in [0.25, 0.3) is 15.9 Å². The number of rotatable bonds is 9. The molecule has 3 rings (SSSR count). The van der Waals surface area contributed by atoms with Crippen molar-refractivity contribution in [2.75, 3.05) is 25.1 Å². The molecule has 0 aliphatic rings. The highest BCUT2D eigenvalue weighted by atomic mass is 35.5. The first kappa shape index (κ1) is 24.1. The minimum atomic E-state index is -4.03. The largest absolute Gasteiger partial charge is 0.493 e. The average molecular weight is 488 g/mol. The average Bonchev–Trinajstić information content (AvgIpc) is 2.83. The quantitative estimate of drug-likeness (QED) is 0.366. The molecule has 0 bridgehead atoms. The number of ether oxygens (including phenoxy) is 2. The van der Waals surface area contributed by atoms with Crippen molar-refractivity contribution in [3.05, 3.63) is 83.4 Å². The molecule has 0 spiro atoms. The molecule has 0 saturated carbocycles. The topological polar surface area (TPSA) is 97.3 Å². The molecular formula is C23H22ClN3O5S. The second-order valence-corrected chi connectivity index (χ2v) is 9.01. The standard InChI is InChI=1S/C23H22ClN3O5S/c1-31-21-13-8-17(14-22(21)32-2)15-25-26-23(28)16-27(19-6-4-3-5-7-19)33(29,30)20-11-9-18(24)10-12-20/h3-15H,16H2,1-2H3,(H,26,28)/b25-15-. The highest BCUT2D eigenvalue weighted by molar-refractivity contribution is 7.92. The molecule has 33 heavy (non-hydrogen) atoms. The van der Waals surface area contributed by atoms with Crippen LogP contribution in [0.1, 0.15) is 5.56 Å². The molecule has 0 heterocycles. The van der Waals surface area contributed by atoms with E-state index in [0.29, 0.717) is 27.8 Å². The smallest absolute Gasteiger partial charge is 0.264 e. The van der Waals surface area contributed by atoms with Crippen molar-refractivity contribution in [2.45, 2.75) is 4.90 Å². The molecule has 0 saturated heterocycles. The van der Waals surface area contributed by atoms with Gasteiger partial charge in [0.2, 0.25) is 0 Å². The number of hydrogen-bond acceptors (Lipinski definition) is 6. The molecule has 0 aliphatic heterocycles. The molecule has 3 aromatic carbocycles. The van der Waals surface area contributed by atoms with Gasteiger partial charge >= 0.3 is 0 Å². The van der Waals surface area contributed by atoms with E-state index in [2.05, 4.69) is 10.5 Å². The van der Waals surface area contributed by atoms with Crippen LogP contribution in [0.5, 0.6) is 11.5 Å². The van der Waals surface area contributed by atoms with Gasteiger partial charge in [-0.25, -0.2) is 13.8 Å². The molecule has 10 heteroatoms. The highest BCUT2D eigenvalue weighted by Gasteiger charge is 2.27. The number of amides is 1. The zero-order valence-electron chi connectivity index (χ0n) is 17.9. The zero-order chi connectivity index (χ0) is 23.8. The number of benzene rings is 3. The fourth-order valence-corrected chi connectivity index (χ4v) is 4.47. The SMILES string of the molecule is COc1ccc(/C=N\NC(=O)CN(c2ccccc2)S(=O)(=O)c2ccc(Cl)cc2)cc1OC. The summed E-state index contributed by atoms with van der Waals surface area (Å²) in [5, 5.41) is 4.33. The molecule has 1 N–H and O–H groups in total. The van der Waals surface area contributed by atoms with Crippen LogP contribution in [-0.2, 0) is 14.8 Å². The molecule has 8 nitrogen and oxygen atoms in total. The van der Waals surface area contributed by atoms with Crippen LogP contribution >= 0.6 is 11.6 Å². The van der Waals surface area contributed by atoms with Crippen LogP contribution in [0.3, 0.4) is 0 Å². The van der Waals surface area contributed by atoms with E-state index in [0.717, 1.165) is 4.31 Å². The van der Waals surface area contributed by atoms with Crippen LogP contribution in [0, 0.1) is 0 Å². The summed E-state index contributed by atoms with van der Waals surface area (Å²) in [5.41, 5.74) is 3.35. The lowest BCUT2D eigenvalue weighted by Crippen LogP contribution is -2.39. The Hall–Kier alpha value is -3.56. The van der Waals surface area contributed by atoms with Gasteiger partial charge in [-0.15, -0.1) is 0 Å². The van der Waals surface area contributed by atoms with Gasteiger partial charge in [-0.3, -0.25) is 9.10 Å². The number of anilines is 1. The minimum Gasteiger partial charge on any atom is -0.493 e. The van der Waals surface area contributed by atoms with Crippen molar-refractivity contribution < 1.29 is 22.7 Å². The van der Waals surface area contributed by atoms with Crippen LogP contribution in [0.15, 0.2) is 82.8 Å². The van der Waals surface area contributed by atoms with E-state index in [4.69, 9.17) is 21.1 Å². The van der Waals surface area contributed by atoms with Gasteiger partial charge in [0.15, 0.2) is 11.5 Å². The third kappa shape index (κ3) is 6.03. The summed E-state index contributed by atoms with van der Waals surface area (Å²) in [6.45, 7) is -0.474. The number of nitrogens with one attached hydrogen (secondary N) is 1. The number of hydrogen-bond donors (Lipinski definition) is 1. The van der Waals surface area contributed by atoms with Gasteiger partial charge in [-0.05, 0) is 60.2 Å². The van der Waals surface area contributed by atoms with Crippen LogP contribution < -0.4 is 19.2 Å². The second kappa shape index (κ2) is 10.8. The second-order valence-electron chi connectivity index (χ2n) is 6.71. The van der Waals surface area contributed by atoms with Gasteiger partial charge in [0, 0.05) is 5.02 Å². The predicted octanol–water partition coefficient (Wildman–Crippen LogP) is 3.70. The van der Waals surface area contributed by atoms with Gasteiger partial charge in [-0.1, -0.05) is 29.8 Å². The van der Waals surface area contributed by atoms with E-state index in [1.807, 2.05) is 0 Å². The first-order chi connectivity index (χ1) is 15.8. The molecule has 0 unspecified atom stereocenters. The van der Waals surface area contributed by atoms with E-state index in [-0.39, 0.29) is 4.90 Å². The molecule has 172 valence electrons. The van der Waals surface area contributed by atoms with Gasteiger partial charge in [0.1, 0.15) is 6.54 Å². The molecule has 0 atom stereocenters. The monoisotopic (exact) mass is 487 g/mol. The van der Waals surface area contributed by atoms with Crippen molar-refractivity contribution in [1.82, 2.24) is 5.43 Å². The van der Waals surface area contributed by atoms with Crippen LogP contribution in [0.2, 0.25) is 5.02 Å². The third-order valence-corrected chi connectivity index (χ3v) is 6.58.